The van der Waals surface area contributed by atoms with Crippen LogP contribution in [0.2, 0.25) is 5.15 Å². The molecule has 0 bridgehead atoms. The summed E-state index contributed by atoms with van der Waals surface area (Å²) in [4.78, 5) is 14.3. The Morgan fingerprint density at radius 3 is 2.81 bits per heavy atom. The van der Waals surface area contributed by atoms with Crippen molar-refractivity contribution in [3.63, 3.8) is 0 Å². The number of hydrogen-bond acceptors (Lipinski definition) is 5. The average Bonchev–Trinajstić information content (AvgIpc) is 2.44. The second-order valence-electron chi connectivity index (χ2n) is 4.33. The number of rotatable bonds is 5. The maximum absolute atomic E-state index is 10.6. The van der Waals surface area contributed by atoms with Crippen LogP contribution >= 0.6 is 11.6 Å². The molecular weight excluding hydrogens is 298 g/mol. The van der Waals surface area contributed by atoms with Gasteiger partial charge in [-0.3, -0.25) is 0 Å². The summed E-state index contributed by atoms with van der Waals surface area (Å²) in [5.74, 6) is -0.293. The van der Waals surface area contributed by atoms with Crippen LogP contribution in [0.4, 0.5) is 4.79 Å². The Morgan fingerprint density at radius 2 is 2.14 bits per heavy atom. The van der Waals surface area contributed by atoms with E-state index in [-0.39, 0.29) is 5.15 Å². The molecule has 0 saturated carbocycles. The third kappa shape index (κ3) is 3.46. The standard InChI is InChI=1S/C14H14ClNO5/c1-2-3-6-20-8-4-5-9-10(7-8)11(17)13(16-12(9)15)21-14(18)19/h4-5,7,17H,2-3,6H2,1H3,(H,18,19). The number of hydrogen-bond donors (Lipinski definition) is 2. The zero-order valence-electron chi connectivity index (χ0n) is 11.3. The number of ether oxygens (including phenoxy) is 2. The van der Waals surface area contributed by atoms with E-state index in [0.29, 0.717) is 23.1 Å². The maximum atomic E-state index is 10.6. The minimum Gasteiger partial charge on any atom is -0.503 e. The van der Waals surface area contributed by atoms with Gasteiger partial charge in [0.05, 0.1) is 6.61 Å². The predicted octanol–water partition coefficient (Wildman–Crippen LogP) is 3.83. The third-order valence-electron chi connectivity index (χ3n) is 2.82. The van der Waals surface area contributed by atoms with Crippen LogP contribution < -0.4 is 9.47 Å². The number of aromatic hydroxyl groups is 1. The minimum atomic E-state index is -1.58. The van der Waals surface area contributed by atoms with Crippen LogP contribution in [0.25, 0.3) is 10.8 Å². The summed E-state index contributed by atoms with van der Waals surface area (Å²) >= 11 is 5.96. The molecule has 1 aromatic carbocycles. The van der Waals surface area contributed by atoms with Gasteiger partial charge in [-0.2, -0.15) is 4.98 Å². The molecule has 0 atom stereocenters. The molecule has 2 rings (SSSR count). The quantitative estimate of drug-likeness (QED) is 0.495. The van der Waals surface area contributed by atoms with E-state index in [1.165, 1.54) is 0 Å². The van der Waals surface area contributed by atoms with Gasteiger partial charge in [0.15, 0.2) is 5.75 Å². The minimum absolute atomic E-state index is 0.0409. The lowest BCUT2D eigenvalue weighted by Gasteiger charge is -2.10. The first-order valence-corrected chi connectivity index (χ1v) is 6.76. The molecule has 1 aromatic heterocycles. The molecule has 0 spiro atoms. The van der Waals surface area contributed by atoms with E-state index >= 15 is 0 Å². The number of fused-ring (bicyclic) bond motifs is 1. The Bertz CT molecular complexity index is 674. The lowest BCUT2D eigenvalue weighted by atomic mass is 10.1. The zero-order valence-corrected chi connectivity index (χ0v) is 12.1. The Morgan fingerprint density at radius 1 is 1.38 bits per heavy atom. The molecule has 112 valence electrons. The van der Waals surface area contributed by atoms with Crippen LogP contribution in [0.1, 0.15) is 19.8 Å². The fraction of sp³-hybridized carbons (Fsp3) is 0.286. The van der Waals surface area contributed by atoms with Gasteiger partial charge in [0.2, 0.25) is 0 Å². The zero-order chi connectivity index (χ0) is 15.4. The van der Waals surface area contributed by atoms with Crippen LogP contribution in [0, 0.1) is 0 Å². The highest BCUT2D eigenvalue weighted by molar-refractivity contribution is 6.34. The fourth-order valence-electron chi connectivity index (χ4n) is 1.79. The number of carbonyl (C=O) groups is 1. The van der Waals surface area contributed by atoms with Crippen molar-refractivity contribution in [2.24, 2.45) is 0 Å². The van der Waals surface area contributed by atoms with E-state index in [9.17, 15) is 9.90 Å². The van der Waals surface area contributed by atoms with Gasteiger partial charge in [-0.15, -0.1) is 0 Å². The van der Waals surface area contributed by atoms with E-state index in [2.05, 4.69) is 16.6 Å². The van der Waals surface area contributed by atoms with E-state index in [1.54, 1.807) is 18.2 Å². The van der Waals surface area contributed by atoms with Crippen molar-refractivity contribution in [1.82, 2.24) is 4.98 Å². The van der Waals surface area contributed by atoms with E-state index < -0.39 is 17.8 Å². The van der Waals surface area contributed by atoms with Crippen molar-refractivity contribution in [2.75, 3.05) is 6.61 Å². The average molecular weight is 312 g/mol. The SMILES string of the molecule is CCCCOc1ccc2c(Cl)nc(OC(=O)O)c(O)c2c1. The lowest BCUT2D eigenvalue weighted by Crippen LogP contribution is -2.05. The largest absolute Gasteiger partial charge is 0.512 e. The summed E-state index contributed by atoms with van der Waals surface area (Å²) in [6.07, 6.45) is 0.336. The topological polar surface area (TPSA) is 88.9 Å². The highest BCUT2D eigenvalue weighted by Crippen LogP contribution is 2.38. The Balaban J connectivity index is 2.43. The Labute approximate surface area is 125 Å². The number of carboxylic acid groups (broad SMARTS) is 1. The van der Waals surface area contributed by atoms with E-state index in [1.807, 2.05) is 0 Å². The van der Waals surface area contributed by atoms with Crippen molar-refractivity contribution in [3.05, 3.63) is 23.4 Å². The van der Waals surface area contributed by atoms with E-state index in [0.717, 1.165) is 12.8 Å². The first-order chi connectivity index (χ1) is 10.0. The molecule has 7 heteroatoms. The first kappa shape index (κ1) is 15.2. The monoisotopic (exact) mass is 311 g/mol. The number of pyridine rings is 1. The lowest BCUT2D eigenvalue weighted by molar-refractivity contribution is 0.141. The maximum Gasteiger partial charge on any atom is 0.512 e. The molecule has 21 heavy (non-hydrogen) atoms. The Kier molecular flexibility index (Phi) is 4.70. The number of nitrogens with zero attached hydrogens (tertiary/aromatic N) is 1. The number of unbranched alkanes of at least 4 members (excludes halogenated alkanes) is 1. The molecule has 2 N–H and O–H groups in total. The summed E-state index contributed by atoms with van der Waals surface area (Å²) in [6, 6.07) is 4.93. The van der Waals surface area contributed by atoms with Gasteiger partial charge in [-0.1, -0.05) is 24.9 Å². The van der Waals surface area contributed by atoms with Crippen molar-refractivity contribution >= 4 is 28.5 Å². The first-order valence-electron chi connectivity index (χ1n) is 6.38. The van der Waals surface area contributed by atoms with Gasteiger partial charge in [0, 0.05) is 10.8 Å². The van der Waals surface area contributed by atoms with Gasteiger partial charge in [0.25, 0.3) is 5.88 Å². The van der Waals surface area contributed by atoms with Gasteiger partial charge in [-0.05, 0) is 24.6 Å². The number of benzene rings is 1. The third-order valence-corrected chi connectivity index (χ3v) is 3.11. The molecule has 0 aliphatic carbocycles. The van der Waals surface area contributed by atoms with Crippen LogP contribution in [0.15, 0.2) is 18.2 Å². The predicted molar refractivity (Wildman–Crippen MR) is 77.5 cm³/mol. The molecule has 6 nitrogen and oxygen atoms in total. The number of aromatic nitrogens is 1. The molecular formula is C14H14ClNO5. The highest BCUT2D eigenvalue weighted by atomic mass is 35.5. The molecule has 0 amide bonds. The van der Waals surface area contributed by atoms with Crippen molar-refractivity contribution in [3.8, 4) is 17.4 Å². The second-order valence-corrected chi connectivity index (χ2v) is 4.69. The second kappa shape index (κ2) is 6.49. The fourth-order valence-corrected chi connectivity index (χ4v) is 2.04. The summed E-state index contributed by atoms with van der Waals surface area (Å²) in [7, 11) is 0. The van der Waals surface area contributed by atoms with Gasteiger partial charge in [0.1, 0.15) is 10.9 Å². The molecule has 0 aliphatic rings. The highest BCUT2D eigenvalue weighted by Gasteiger charge is 2.16. The summed E-state index contributed by atoms with van der Waals surface area (Å²) in [6.45, 7) is 2.61. The molecule has 2 aromatic rings. The van der Waals surface area contributed by atoms with Crippen molar-refractivity contribution < 1.29 is 24.5 Å². The van der Waals surface area contributed by atoms with Crippen LogP contribution in [-0.4, -0.2) is 28.0 Å². The van der Waals surface area contributed by atoms with E-state index in [4.69, 9.17) is 21.4 Å². The molecule has 0 saturated heterocycles. The van der Waals surface area contributed by atoms with Crippen molar-refractivity contribution in [2.45, 2.75) is 19.8 Å². The molecule has 1 heterocycles. The number of halogens is 1. The Hall–Kier alpha value is -2.21. The van der Waals surface area contributed by atoms with Crippen molar-refractivity contribution in [1.29, 1.82) is 0 Å². The van der Waals surface area contributed by atoms with Gasteiger partial charge in [-0.25, -0.2) is 4.79 Å². The van der Waals surface area contributed by atoms with Gasteiger partial charge < -0.3 is 19.7 Å². The van der Waals surface area contributed by atoms with Gasteiger partial charge >= 0.3 is 6.16 Å². The summed E-state index contributed by atoms with van der Waals surface area (Å²) < 4.78 is 9.94. The summed E-state index contributed by atoms with van der Waals surface area (Å²) in [5.41, 5.74) is 0. The molecule has 0 aliphatic heterocycles. The van der Waals surface area contributed by atoms with Crippen LogP contribution in [-0.2, 0) is 0 Å². The van der Waals surface area contributed by atoms with Crippen LogP contribution in [0.3, 0.4) is 0 Å². The van der Waals surface area contributed by atoms with Crippen LogP contribution in [0.5, 0.6) is 17.4 Å². The molecule has 0 unspecified atom stereocenters. The normalized spacial score (nSPS) is 10.6. The molecule has 0 radical (unpaired) electrons. The summed E-state index contributed by atoms with van der Waals surface area (Å²) in [5, 5.41) is 19.5. The smallest absolute Gasteiger partial charge is 0.503 e. The molecule has 0 fully saturated rings.